The summed E-state index contributed by atoms with van der Waals surface area (Å²) in [6.07, 6.45) is 2.56. The molecule has 2 aliphatic heterocycles. The maximum absolute atomic E-state index is 5.85. The van der Waals surface area contributed by atoms with Crippen LogP contribution in [0.25, 0.3) is 0 Å². The predicted molar refractivity (Wildman–Crippen MR) is 84.1 cm³/mol. The fourth-order valence-corrected chi connectivity index (χ4v) is 3.41. The van der Waals surface area contributed by atoms with Crippen LogP contribution in [0.4, 0.5) is 0 Å². The summed E-state index contributed by atoms with van der Waals surface area (Å²) < 4.78 is 11.4. The van der Waals surface area contributed by atoms with Gasteiger partial charge in [0, 0.05) is 30.6 Å². The van der Waals surface area contributed by atoms with Gasteiger partial charge in [0.2, 0.25) is 0 Å². The van der Waals surface area contributed by atoms with Gasteiger partial charge in [-0.2, -0.15) is 0 Å². The van der Waals surface area contributed by atoms with E-state index < -0.39 is 0 Å². The van der Waals surface area contributed by atoms with Crippen LogP contribution in [0.1, 0.15) is 24.5 Å². The Labute approximate surface area is 127 Å². The standard InChI is InChI=1S/C17H26N2O2/c1-12-6-14-7-16(20-3)15(8-17(14)21-12)10-18-9-13-4-5-19(2)11-13/h7-8,12-13,18H,4-6,9-11H2,1-3H3. The van der Waals surface area contributed by atoms with Gasteiger partial charge in [0.15, 0.2) is 0 Å². The molecule has 0 spiro atoms. The quantitative estimate of drug-likeness (QED) is 0.900. The van der Waals surface area contributed by atoms with Crippen molar-refractivity contribution in [3.8, 4) is 11.5 Å². The molecule has 1 aromatic rings. The molecule has 4 heteroatoms. The van der Waals surface area contributed by atoms with Gasteiger partial charge >= 0.3 is 0 Å². The Kier molecular flexibility index (Phi) is 4.36. The van der Waals surface area contributed by atoms with Crippen LogP contribution in [0.3, 0.4) is 0 Å². The molecule has 21 heavy (non-hydrogen) atoms. The summed E-state index contributed by atoms with van der Waals surface area (Å²) in [4.78, 5) is 2.40. The molecule has 1 fully saturated rings. The second kappa shape index (κ2) is 6.24. The third-order valence-electron chi connectivity index (χ3n) is 4.54. The summed E-state index contributed by atoms with van der Waals surface area (Å²) in [5, 5.41) is 3.58. The van der Waals surface area contributed by atoms with Crippen LogP contribution < -0.4 is 14.8 Å². The van der Waals surface area contributed by atoms with Crippen molar-refractivity contribution in [2.24, 2.45) is 5.92 Å². The van der Waals surface area contributed by atoms with E-state index in [4.69, 9.17) is 9.47 Å². The Balaban J connectivity index is 1.61. The number of methoxy groups -OCH3 is 1. The molecule has 3 rings (SSSR count). The largest absolute Gasteiger partial charge is 0.496 e. The van der Waals surface area contributed by atoms with Gasteiger partial charge in [0.05, 0.1) is 7.11 Å². The van der Waals surface area contributed by atoms with Crippen LogP contribution in [0, 0.1) is 5.92 Å². The van der Waals surface area contributed by atoms with E-state index in [1.54, 1.807) is 7.11 Å². The van der Waals surface area contributed by atoms with Gasteiger partial charge in [0.25, 0.3) is 0 Å². The number of nitrogens with zero attached hydrogens (tertiary/aromatic N) is 1. The average Bonchev–Trinajstić information content (AvgIpc) is 3.02. The molecule has 2 unspecified atom stereocenters. The zero-order chi connectivity index (χ0) is 14.8. The minimum absolute atomic E-state index is 0.280. The number of benzene rings is 1. The van der Waals surface area contributed by atoms with Crippen LogP contribution in [-0.4, -0.2) is 44.8 Å². The molecule has 0 saturated carbocycles. The molecule has 2 aliphatic rings. The fourth-order valence-electron chi connectivity index (χ4n) is 3.41. The first-order valence-corrected chi connectivity index (χ1v) is 7.91. The zero-order valence-electron chi connectivity index (χ0n) is 13.3. The van der Waals surface area contributed by atoms with Crippen LogP contribution in [0.2, 0.25) is 0 Å². The second-order valence-corrected chi connectivity index (χ2v) is 6.45. The number of hydrogen-bond donors (Lipinski definition) is 1. The highest BCUT2D eigenvalue weighted by Gasteiger charge is 2.22. The first-order chi connectivity index (χ1) is 10.2. The monoisotopic (exact) mass is 290 g/mol. The first kappa shape index (κ1) is 14.7. The number of fused-ring (bicyclic) bond motifs is 1. The lowest BCUT2D eigenvalue weighted by molar-refractivity contribution is 0.254. The molecule has 4 nitrogen and oxygen atoms in total. The molecule has 1 aromatic carbocycles. The highest BCUT2D eigenvalue weighted by atomic mass is 16.5. The van der Waals surface area contributed by atoms with Crippen molar-refractivity contribution < 1.29 is 9.47 Å². The topological polar surface area (TPSA) is 33.7 Å². The molecule has 1 N–H and O–H groups in total. The average molecular weight is 290 g/mol. The number of ether oxygens (including phenoxy) is 2. The summed E-state index contributed by atoms with van der Waals surface area (Å²) >= 11 is 0. The van der Waals surface area contributed by atoms with Crippen molar-refractivity contribution in [1.82, 2.24) is 10.2 Å². The molecular formula is C17H26N2O2. The predicted octanol–water partition coefficient (Wildman–Crippen LogP) is 2.06. The molecular weight excluding hydrogens is 264 g/mol. The van der Waals surface area contributed by atoms with Gasteiger partial charge in [-0.3, -0.25) is 0 Å². The van der Waals surface area contributed by atoms with Crippen molar-refractivity contribution in [3.05, 3.63) is 23.3 Å². The van der Waals surface area contributed by atoms with Gasteiger partial charge in [-0.25, -0.2) is 0 Å². The maximum atomic E-state index is 5.85. The molecule has 1 saturated heterocycles. The Morgan fingerprint density at radius 1 is 1.43 bits per heavy atom. The van der Waals surface area contributed by atoms with Gasteiger partial charge in [-0.1, -0.05) is 0 Å². The SMILES string of the molecule is COc1cc2c(cc1CNCC1CCN(C)C1)OC(C)C2. The Morgan fingerprint density at radius 2 is 2.29 bits per heavy atom. The maximum Gasteiger partial charge on any atom is 0.123 e. The zero-order valence-corrected chi connectivity index (χ0v) is 13.3. The van der Waals surface area contributed by atoms with Crippen molar-refractivity contribution in [2.75, 3.05) is 33.8 Å². The molecule has 116 valence electrons. The molecule has 0 aliphatic carbocycles. The van der Waals surface area contributed by atoms with Crippen molar-refractivity contribution >= 4 is 0 Å². The van der Waals surface area contributed by atoms with E-state index in [0.717, 1.165) is 36.9 Å². The Morgan fingerprint density at radius 3 is 3.00 bits per heavy atom. The Hall–Kier alpha value is -1.26. The van der Waals surface area contributed by atoms with E-state index in [9.17, 15) is 0 Å². The lowest BCUT2D eigenvalue weighted by atomic mass is 10.1. The van der Waals surface area contributed by atoms with Crippen LogP contribution in [-0.2, 0) is 13.0 Å². The minimum Gasteiger partial charge on any atom is -0.496 e. The van der Waals surface area contributed by atoms with Crippen molar-refractivity contribution in [1.29, 1.82) is 0 Å². The minimum atomic E-state index is 0.280. The number of hydrogen-bond acceptors (Lipinski definition) is 4. The van der Waals surface area contributed by atoms with Crippen LogP contribution in [0.5, 0.6) is 11.5 Å². The summed E-state index contributed by atoms with van der Waals surface area (Å²) in [6, 6.07) is 4.28. The molecule has 2 heterocycles. The first-order valence-electron chi connectivity index (χ1n) is 7.91. The van der Waals surface area contributed by atoms with Gasteiger partial charge in [0.1, 0.15) is 17.6 Å². The third-order valence-corrected chi connectivity index (χ3v) is 4.54. The van der Waals surface area contributed by atoms with Crippen molar-refractivity contribution in [2.45, 2.75) is 32.4 Å². The second-order valence-electron chi connectivity index (χ2n) is 6.45. The number of nitrogens with one attached hydrogen (secondary N) is 1. The van der Waals surface area contributed by atoms with E-state index in [1.807, 2.05) is 0 Å². The normalized spacial score (nSPS) is 24.9. The summed E-state index contributed by atoms with van der Waals surface area (Å²) in [6.45, 7) is 6.45. The van der Waals surface area contributed by atoms with E-state index in [1.165, 1.54) is 30.6 Å². The molecule has 0 radical (unpaired) electrons. The lowest BCUT2D eigenvalue weighted by Crippen LogP contribution is -2.24. The molecule has 2 atom stereocenters. The number of rotatable bonds is 5. The summed E-state index contributed by atoms with van der Waals surface area (Å²) in [5.74, 6) is 2.77. The molecule has 0 bridgehead atoms. The molecule has 0 aromatic heterocycles. The highest BCUT2D eigenvalue weighted by Crippen LogP contribution is 2.34. The van der Waals surface area contributed by atoms with Crippen LogP contribution >= 0.6 is 0 Å². The fraction of sp³-hybridized carbons (Fsp3) is 0.647. The van der Waals surface area contributed by atoms with Crippen molar-refractivity contribution in [3.63, 3.8) is 0 Å². The number of likely N-dealkylation sites (tertiary alicyclic amines) is 1. The summed E-state index contributed by atoms with van der Waals surface area (Å²) in [7, 11) is 3.94. The van der Waals surface area contributed by atoms with E-state index >= 15 is 0 Å². The van der Waals surface area contributed by atoms with E-state index in [2.05, 4.69) is 36.3 Å². The smallest absolute Gasteiger partial charge is 0.123 e. The van der Waals surface area contributed by atoms with Crippen LogP contribution in [0.15, 0.2) is 12.1 Å². The summed E-state index contributed by atoms with van der Waals surface area (Å²) in [5.41, 5.74) is 2.46. The van der Waals surface area contributed by atoms with E-state index in [-0.39, 0.29) is 6.10 Å². The Bertz CT molecular complexity index is 504. The van der Waals surface area contributed by atoms with Gasteiger partial charge < -0.3 is 19.7 Å². The lowest BCUT2D eigenvalue weighted by Gasteiger charge is -2.14. The molecule has 0 amide bonds. The van der Waals surface area contributed by atoms with Gasteiger partial charge in [-0.05, 0) is 51.5 Å². The van der Waals surface area contributed by atoms with Gasteiger partial charge in [-0.15, -0.1) is 0 Å². The highest BCUT2D eigenvalue weighted by molar-refractivity contribution is 5.48. The van der Waals surface area contributed by atoms with E-state index in [0.29, 0.717) is 0 Å². The third kappa shape index (κ3) is 3.33.